The van der Waals surface area contributed by atoms with E-state index < -0.39 is 0 Å². The number of hydrogen-bond acceptors (Lipinski definition) is 3. The molecule has 0 aromatic carbocycles. The third kappa shape index (κ3) is 3.95. The van der Waals surface area contributed by atoms with Crippen molar-refractivity contribution in [3.63, 3.8) is 0 Å². The van der Waals surface area contributed by atoms with E-state index in [-0.39, 0.29) is 11.9 Å². The number of esters is 1. The van der Waals surface area contributed by atoms with Gasteiger partial charge in [-0.05, 0) is 31.1 Å². The molecule has 0 aromatic heterocycles. The zero-order valence-corrected chi connectivity index (χ0v) is 12.6. The lowest BCUT2D eigenvalue weighted by Gasteiger charge is -2.25. The minimum Gasteiger partial charge on any atom is -0.465 e. The highest BCUT2D eigenvalue weighted by Gasteiger charge is 2.49. The van der Waals surface area contributed by atoms with Gasteiger partial charge in [-0.15, -0.1) is 0 Å². The molecule has 110 valence electrons. The van der Waals surface area contributed by atoms with Crippen molar-refractivity contribution in [1.29, 1.82) is 0 Å². The number of hydrogen-bond donors (Lipinski definition) is 0. The Bertz CT molecular complexity index is 302. The van der Waals surface area contributed by atoms with Crippen LogP contribution in [-0.2, 0) is 14.3 Å². The fourth-order valence-electron chi connectivity index (χ4n) is 3.14. The third-order valence-corrected chi connectivity index (χ3v) is 4.77. The number of carbonyl (C=O) groups is 1. The van der Waals surface area contributed by atoms with Crippen molar-refractivity contribution in [2.24, 2.45) is 17.8 Å². The van der Waals surface area contributed by atoms with Crippen molar-refractivity contribution in [1.82, 2.24) is 0 Å². The number of ether oxygens (including phenoxy) is 2. The van der Waals surface area contributed by atoms with E-state index in [0.717, 1.165) is 19.3 Å². The summed E-state index contributed by atoms with van der Waals surface area (Å²) in [4.78, 5) is 12.2. The first kappa shape index (κ1) is 14.8. The van der Waals surface area contributed by atoms with Gasteiger partial charge in [0.1, 0.15) is 0 Å². The molecule has 1 saturated heterocycles. The van der Waals surface area contributed by atoms with Gasteiger partial charge in [-0.25, -0.2) is 0 Å². The van der Waals surface area contributed by atoms with Crippen molar-refractivity contribution in [3.05, 3.63) is 0 Å². The Morgan fingerprint density at radius 3 is 2.74 bits per heavy atom. The summed E-state index contributed by atoms with van der Waals surface area (Å²) in [6.45, 7) is 7.14. The van der Waals surface area contributed by atoms with E-state index in [4.69, 9.17) is 9.47 Å². The molecule has 0 spiro atoms. The molecule has 0 aromatic rings. The Morgan fingerprint density at radius 1 is 1.32 bits per heavy atom. The largest absolute Gasteiger partial charge is 0.465 e. The highest BCUT2D eigenvalue weighted by Crippen LogP contribution is 2.43. The number of fused-ring (bicyclic) bond motifs is 1. The van der Waals surface area contributed by atoms with Crippen LogP contribution in [-0.4, -0.2) is 24.8 Å². The van der Waals surface area contributed by atoms with E-state index in [2.05, 4.69) is 20.8 Å². The zero-order chi connectivity index (χ0) is 13.8. The lowest BCUT2D eigenvalue weighted by molar-refractivity contribution is -0.152. The minimum absolute atomic E-state index is 0.0106. The van der Waals surface area contributed by atoms with Crippen LogP contribution >= 0.6 is 0 Å². The van der Waals surface area contributed by atoms with Gasteiger partial charge in [-0.3, -0.25) is 4.79 Å². The lowest BCUT2D eigenvalue weighted by Crippen LogP contribution is -2.31. The van der Waals surface area contributed by atoms with Gasteiger partial charge >= 0.3 is 5.97 Å². The van der Waals surface area contributed by atoms with Gasteiger partial charge in [0.05, 0.1) is 24.7 Å². The average molecular weight is 268 g/mol. The maximum Gasteiger partial charge on any atom is 0.309 e. The van der Waals surface area contributed by atoms with Gasteiger partial charge in [0, 0.05) is 0 Å². The molecule has 3 nitrogen and oxygen atoms in total. The van der Waals surface area contributed by atoms with Gasteiger partial charge in [0.2, 0.25) is 0 Å². The first-order valence-corrected chi connectivity index (χ1v) is 7.97. The summed E-state index contributed by atoms with van der Waals surface area (Å²) in [5, 5.41) is 0. The predicted octanol–water partition coefficient (Wildman–Crippen LogP) is 3.56. The van der Waals surface area contributed by atoms with E-state index in [0.29, 0.717) is 30.7 Å². The number of unbranched alkanes of at least 4 members (excludes halogenated alkanes) is 1. The van der Waals surface area contributed by atoms with Gasteiger partial charge in [0.15, 0.2) is 0 Å². The Labute approximate surface area is 117 Å². The maximum atomic E-state index is 12.2. The summed E-state index contributed by atoms with van der Waals surface area (Å²) in [5.74, 6) is 1.02. The van der Waals surface area contributed by atoms with E-state index in [9.17, 15) is 4.79 Å². The zero-order valence-electron chi connectivity index (χ0n) is 12.6. The fraction of sp³-hybridized carbons (Fsp3) is 0.938. The lowest BCUT2D eigenvalue weighted by atomic mass is 9.80. The molecule has 1 aliphatic heterocycles. The molecule has 0 amide bonds. The maximum absolute atomic E-state index is 12.2. The van der Waals surface area contributed by atoms with Crippen LogP contribution in [0.25, 0.3) is 0 Å². The Balaban J connectivity index is 1.73. The van der Waals surface area contributed by atoms with Crippen LogP contribution in [0.5, 0.6) is 0 Å². The first-order valence-electron chi connectivity index (χ1n) is 7.97. The van der Waals surface area contributed by atoms with Gasteiger partial charge in [-0.2, -0.15) is 0 Å². The van der Waals surface area contributed by atoms with Crippen molar-refractivity contribution < 1.29 is 14.3 Å². The van der Waals surface area contributed by atoms with Crippen molar-refractivity contribution >= 4 is 5.97 Å². The summed E-state index contributed by atoms with van der Waals surface area (Å²) in [5.41, 5.74) is 0. The molecule has 5 unspecified atom stereocenters. The number of rotatable bonds is 7. The monoisotopic (exact) mass is 268 g/mol. The molecule has 1 aliphatic carbocycles. The van der Waals surface area contributed by atoms with Crippen LogP contribution in [0.3, 0.4) is 0 Å². The molecule has 2 rings (SSSR count). The summed E-state index contributed by atoms with van der Waals surface area (Å²) in [7, 11) is 0. The predicted molar refractivity (Wildman–Crippen MR) is 74.8 cm³/mol. The van der Waals surface area contributed by atoms with E-state index in [1.807, 2.05) is 0 Å². The first-order chi connectivity index (χ1) is 9.15. The molecule has 2 aliphatic rings. The van der Waals surface area contributed by atoms with E-state index in [1.165, 1.54) is 19.3 Å². The van der Waals surface area contributed by atoms with E-state index >= 15 is 0 Å². The number of carbonyl (C=O) groups excluding carboxylic acids is 1. The Morgan fingerprint density at radius 2 is 2.05 bits per heavy atom. The summed E-state index contributed by atoms with van der Waals surface area (Å²) in [6, 6.07) is 0. The van der Waals surface area contributed by atoms with E-state index in [1.54, 1.807) is 0 Å². The SMILES string of the molecule is CCCCC(CC)COC(=O)C1CC2OC2CC1C. The average Bonchev–Trinajstić information content (AvgIpc) is 3.15. The fourth-order valence-corrected chi connectivity index (χ4v) is 3.14. The molecular formula is C16H28O3. The van der Waals surface area contributed by atoms with Crippen LogP contribution in [0, 0.1) is 17.8 Å². The Kier molecular flexibility index (Phi) is 5.26. The molecule has 3 heteroatoms. The standard InChI is InChI=1S/C16H28O3/c1-4-6-7-12(5-2)10-18-16(17)13-9-15-14(19-15)8-11(13)3/h11-15H,4-10H2,1-3H3. The normalized spacial score (nSPS) is 34.5. The molecule has 0 N–H and O–H groups in total. The summed E-state index contributed by atoms with van der Waals surface area (Å²) < 4.78 is 11.1. The third-order valence-electron chi connectivity index (χ3n) is 4.77. The van der Waals surface area contributed by atoms with Crippen molar-refractivity contribution in [3.8, 4) is 0 Å². The van der Waals surface area contributed by atoms with Gasteiger partial charge < -0.3 is 9.47 Å². The van der Waals surface area contributed by atoms with Crippen molar-refractivity contribution in [2.75, 3.05) is 6.61 Å². The topological polar surface area (TPSA) is 38.8 Å². The smallest absolute Gasteiger partial charge is 0.309 e. The molecule has 1 saturated carbocycles. The van der Waals surface area contributed by atoms with Crippen LogP contribution in [0.1, 0.15) is 59.3 Å². The summed E-state index contributed by atoms with van der Waals surface area (Å²) in [6.07, 6.45) is 7.39. The highest BCUT2D eigenvalue weighted by molar-refractivity contribution is 5.73. The second-order valence-corrected chi connectivity index (χ2v) is 6.31. The molecule has 1 heterocycles. The molecule has 0 bridgehead atoms. The van der Waals surface area contributed by atoms with Crippen LogP contribution in [0.4, 0.5) is 0 Å². The number of epoxide rings is 1. The van der Waals surface area contributed by atoms with Gasteiger partial charge in [-0.1, -0.05) is 40.0 Å². The van der Waals surface area contributed by atoms with Crippen LogP contribution in [0.15, 0.2) is 0 Å². The van der Waals surface area contributed by atoms with Crippen LogP contribution < -0.4 is 0 Å². The molecule has 5 atom stereocenters. The Hall–Kier alpha value is -0.570. The minimum atomic E-state index is 0.0106. The van der Waals surface area contributed by atoms with Crippen LogP contribution in [0.2, 0.25) is 0 Å². The molecular weight excluding hydrogens is 240 g/mol. The second kappa shape index (κ2) is 6.74. The summed E-state index contributed by atoms with van der Waals surface area (Å²) >= 11 is 0. The van der Waals surface area contributed by atoms with Crippen molar-refractivity contribution in [2.45, 2.75) is 71.5 Å². The molecule has 2 fully saturated rings. The highest BCUT2D eigenvalue weighted by atomic mass is 16.6. The second-order valence-electron chi connectivity index (χ2n) is 6.31. The quantitative estimate of drug-likeness (QED) is 0.523. The molecule has 0 radical (unpaired) electrons. The van der Waals surface area contributed by atoms with Gasteiger partial charge in [0.25, 0.3) is 0 Å². The molecule has 19 heavy (non-hydrogen) atoms.